The average molecular weight is 472 g/mol. The summed E-state index contributed by atoms with van der Waals surface area (Å²) in [5.74, 6) is -0.0234. The van der Waals surface area contributed by atoms with Gasteiger partial charge in [-0.2, -0.15) is 0 Å². The minimum Gasteiger partial charge on any atom is -0.497 e. The number of hydrogen-bond acceptors (Lipinski definition) is 4. The molecule has 8 heteroatoms. The first-order chi connectivity index (χ1) is 15.8. The van der Waals surface area contributed by atoms with Crippen molar-refractivity contribution in [3.63, 3.8) is 0 Å². The number of benzene rings is 2. The average Bonchev–Trinajstić information content (AvgIpc) is 2.82. The summed E-state index contributed by atoms with van der Waals surface area (Å²) in [5.41, 5.74) is 1.04. The van der Waals surface area contributed by atoms with Gasteiger partial charge in [0, 0.05) is 35.3 Å². The van der Waals surface area contributed by atoms with E-state index >= 15 is 0 Å². The number of amides is 3. The number of nitrogens with zero attached hydrogens (tertiary/aromatic N) is 1. The zero-order valence-corrected chi connectivity index (χ0v) is 19.9. The summed E-state index contributed by atoms with van der Waals surface area (Å²) < 4.78 is 5.14. The molecule has 0 radical (unpaired) electrons. The van der Waals surface area contributed by atoms with E-state index in [9.17, 15) is 14.4 Å². The van der Waals surface area contributed by atoms with Crippen molar-refractivity contribution in [3.8, 4) is 5.75 Å². The Labute approximate surface area is 199 Å². The molecule has 3 rings (SSSR count). The summed E-state index contributed by atoms with van der Waals surface area (Å²) in [5, 5.41) is 6.41. The molecule has 0 aliphatic carbocycles. The van der Waals surface area contributed by atoms with Crippen LogP contribution in [0, 0.1) is 5.92 Å². The molecule has 2 aromatic rings. The van der Waals surface area contributed by atoms with Gasteiger partial charge in [0.15, 0.2) is 0 Å². The van der Waals surface area contributed by atoms with Gasteiger partial charge in [0.05, 0.1) is 7.11 Å². The van der Waals surface area contributed by atoms with Crippen molar-refractivity contribution in [2.24, 2.45) is 5.92 Å². The topological polar surface area (TPSA) is 87.7 Å². The summed E-state index contributed by atoms with van der Waals surface area (Å²) >= 11 is 5.92. The van der Waals surface area contributed by atoms with Crippen LogP contribution in [0.25, 0.3) is 0 Å². The quantitative estimate of drug-likeness (QED) is 0.646. The number of likely N-dealkylation sites (tertiary alicyclic amines) is 1. The van der Waals surface area contributed by atoms with Gasteiger partial charge in [0.25, 0.3) is 11.8 Å². The molecule has 1 atom stereocenters. The maximum absolute atomic E-state index is 13.0. The van der Waals surface area contributed by atoms with E-state index in [-0.39, 0.29) is 29.7 Å². The van der Waals surface area contributed by atoms with Gasteiger partial charge in [-0.15, -0.1) is 0 Å². The molecule has 1 heterocycles. The Balaban J connectivity index is 1.68. The Morgan fingerprint density at radius 2 is 1.52 bits per heavy atom. The van der Waals surface area contributed by atoms with Gasteiger partial charge in [-0.1, -0.05) is 11.6 Å². The molecule has 0 spiro atoms. The third-order valence-corrected chi connectivity index (χ3v) is 5.99. The SMILES string of the molecule is COc1ccc(C(=O)N[C@@H](C(=O)NC(C)C)C2CCN(C(=O)c3ccc(Cl)cc3)CC2)cc1. The molecule has 1 fully saturated rings. The van der Waals surface area contributed by atoms with Crippen LogP contribution in [0.5, 0.6) is 5.75 Å². The molecular formula is C25H30ClN3O4. The fourth-order valence-electron chi connectivity index (χ4n) is 3.95. The van der Waals surface area contributed by atoms with E-state index in [0.717, 1.165) is 0 Å². The molecule has 1 aliphatic rings. The largest absolute Gasteiger partial charge is 0.497 e. The lowest BCUT2D eigenvalue weighted by molar-refractivity contribution is -0.125. The van der Waals surface area contributed by atoms with Gasteiger partial charge >= 0.3 is 0 Å². The van der Waals surface area contributed by atoms with Crippen LogP contribution in [0.2, 0.25) is 5.02 Å². The van der Waals surface area contributed by atoms with E-state index in [1.165, 1.54) is 0 Å². The number of halogens is 1. The van der Waals surface area contributed by atoms with Crippen LogP contribution in [0.3, 0.4) is 0 Å². The third kappa shape index (κ3) is 6.48. The molecule has 33 heavy (non-hydrogen) atoms. The Morgan fingerprint density at radius 1 is 0.939 bits per heavy atom. The zero-order chi connectivity index (χ0) is 24.0. The molecule has 7 nitrogen and oxygen atoms in total. The first kappa shape index (κ1) is 24.6. The number of nitrogens with one attached hydrogen (secondary N) is 2. The number of methoxy groups -OCH3 is 1. The van der Waals surface area contributed by atoms with Crippen LogP contribution in [-0.2, 0) is 4.79 Å². The van der Waals surface area contributed by atoms with Crippen molar-refractivity contribution < 1.29 is 19.1 Å². The highest BCUT2D eigenvalue weighted by Crippen LogP contribution is 2.24. The van der Waals surface area contributed by atoms with Gasteiger partial charge in [-0.3, -0.25) is 14.4 Å². The van der Waals surface area contributed by atoms with Crippen molar-refractivity contribution in [1.29, 1.82) is 0 Å². The monoisotopic (exact) mass is 471 g/mol. The van der Waals surface area contributed by atoms with Crippen LogP contribution >= 0.6 is 11.6 Å². The van der Waals surface area contributed by atoms with Gasteiger partial charge < -0.3 is 20.3 Å². The lowest BCUT2D eigenvalue weighted by Crippen LogP contribution is -2.54. The standard InChI is InChI=1S/C25H30ClN3O4/c1-16(2)27-24(31)22(28-23(30)18-6-10-21(33-3)11-7-18)17-12-14-29(15-13-17)25(32)19-4-8-20(26)9-5-19/h4-11,16-17,22H,12-15H2,1-3H3,(H,27,31)(H,28,30)/t22-/m1/s1. The molecule has 3 amide bonds. The lowest BCUT2D eigenvalue weighted by atomic mass is 9.88. The number of rotatable bonds is 7. The summed E-state index contributed by atoms with van der Waals surface area (Å²) in [4.78, 5) is 40.4. The number of carbonyl (C=O) groups is 3. The zero-order valence-electron chi connectivity index (χ0n) is 19.1. The molecule has 0 aromatic heterocycles. The Morgan fingerprint density at radius 3 is 2.06 bits per heavy atom. The molecule has 0 bridgehead atoms. The molecule has 2 N–H and O–H groups in total. The van der Waals surface area contributed by atoms with E-state index in [4.69, 9.17) is 16.3 Å². The molecule has 1 saturated heterocycles. The molecule has 176 valence electrons. The number of hydrogen-bond donors (Lipinski definition) is 2. The molecule has 1 aliphatic heterocycles. The fourth-order valence-corrected chi connectivity index (χ4v) is 4.08. The third-order valence-electron chi connectivity index (χ3n) is 5.74. The summed E-state index contributed by atoms with van der Waals surface area (Å²) in [6, 6.07) is 12.8. The number of ether oxygens (including phenoxy) is 1. The summed E-state index contributed by atoms with van der Waals surface area (Å²) in [6.07, 6.45) is 1.22. The minimum atomic E-state index is -0.685. The minimum absolute atomic E-state index is 0.0514. The van der Waals surface area contributed by atoms with E-state index < -0.39 is 6.04 Å². The molecule has 2 aromatic carbocycles. The van der Waals surface area contributed by atoms with E-state index in [2.05, 4.69) is 10.6 Å². The van der Waals surface area contributed by atoms with Crippen molar-refractivity contribution >= 4 is 29.3 Å². The highest BCUT2D eigenvalue weighted by atomic mass is 35.5. The van der Waals surface area contributed by atoms with Crippen LogP contribution in [0.4, 0.5) is 0 Å². The fraction of sp³-hybridized carbons (Fsp3) is 0.400. The Hall–Kier alpha value is -3.06. The van der Waals surface area contributed by atoms with Crippen molar-refractivity contribution in [1.82, 2.24) is 15.5 Å². The molecular weight excluding hydrogens is 442 g/mol. The second-order valence-electron chi connectivity index (χ2n) is 8.48. The van der Waals surface area contributed by atoms with E-state index in [1.807, 2.05) is 13.8 Å². The smallest absolute Gasteiger partial charge is 0.253 e. The summed E-state index contributed by atoms with van der Waals surface area (Å²) in [7, 11) is 1.56. The maximum Gasteiger partial charge on any atom is 0.253 e. The number of carbonyl (C=O) groups excluding carboxylic acids is 3. The van der Waals surface area contributed by atoms with Crippen molar-refractivity contribution in [2.45, 2.75) is 38.8 Å². The predicted octanol–water partition coefficient (Wildman–Crippen LogP) is 3.52. The Kier molecular flexibility index (Phi) is 8.33. The van der Waals surface area contributed by atoms with E-state index in [1.54, 1.807) is 60.5 Å². The van der Waals surface area contributed by atoms with Crippen LogP contribution in [0.1, 0.15) is 47.4 Å². The van der Waals surface area contributed by atoms with Gasteiger partial charge in [0.2, 0.25) is 5.91 Å². The Bertz CT molecular complexity index is 968. The lowest BCUT2D eigenvalue weighted by Gasteiger charge is -2.36. The maximum atomic E-state index is 13.0. The van der Waals surface area contributed by atoms with Crippen LogP contribution in [0.15, 0.2) is 48.5 Å². The predicted molar refractivity (Wildman–Crippen MR) is 128 cm³/mol. The van der Waals surface area contributed by atoms with Gasteiger partial charge in [0.1, 0.15) is 11.8 Å². The van der Waals surface area contributed by atoms with Crippen LogP contribution < -0.4 is 15.4 Å². The highest BCUT2D eigenvalue weighted by molar-refractivity contribution is 6.30. The van der Waals surface area contributed by atoms with Crippen LogP contribution in [-0.4, -0.2) is 54.9 Å². The normalized spacial score (nSPS) is 15.1. The first-order valence-corrected chi connectivity index (χ1v) is 11.5. The second kappa shape index (κ2) is 11.2. The second-order valence-corrected chi connectivity index (χ2v) is 8.92. The molecule has 0 unspecified atom stereocenters. The first-order valence-electron chi connectivity index (χ1n) is 11.1. The van der Waals surface area contributed by atoms with Gasteiger partial charge in [-0.25, -0.2) is 0 Å². The summed E-state index contributed by atoms with van der Waals surface area (Å²) in [6.45, 7) is 4.78. The van der Waals surface area contributed by atoms with E-state index in [0.29, 0.717) is 47.8 Å². The molecule has 0 saturated carbocycles. The van der Waals surface area contributed by atoms with Crippen molar-refractivity contribution in [3.05, 3.63) is 64.7 Å². The van der Waals surface area contributed by atoms with Gasteiger partial charge in [-0.05, 0) is 81.1 Å². The highest BCUT2D eigenvalue weighted by Gasteiger charge is 2.34. The number of piperidine rings is 1. The van der Waals surface area contributed by atoms with Crippen molar-refractivity contribution in [2.75, 3.05) is 20.2 Å².